The van der Waals surface area contributed by atoms with Crippen molar-refractivity contribution in [3.05, 3.63) is 35.6 Å². The van der Waals surface area contributed by atoms with Crippen molar-refractivity contribution in [1.29, 1.82) is 0 Å². The largest absolute Gasteiger partial charge is 0.457 e. The molecule has 7 heteroatoms. The van der Waals surface area contributed by atoms with Gasteiger partial charge in [-0.3, -0.25) is 14.5 Å². The number of esters is 1. The Morgan fingerprint density at radius 3 is 2.71 bits per heavy atom. The summed E-state index contributed by atoms with van der Waals surface area (Å²) in [5, 5.41) is 3.78. The number of fused-ring (bicyclic) bond motifs is 1. The number of nitrogens with zero attached hydrogens (tertiary/aromatic N) is 1. The third-order valence-corrected chi connectivity index (χ3v) is 5.97. The molecular weight excluding hydrogens is 360 g/mol. The maximum absolute atomic E-state index is 12.8. The molecule has 1 aliphatic heterocycles. The van der Waals surface area contributed by atoms with E-state index >= 15 is 0 Å². The minimum absolute atomic E-state index is 0.0361. The van der Waals surface area contributed by atoms with Crippen molar-refractivity contribution in [1.82, 2.24) is 10.2 Å². The highest BCUT2D eigenvalue weighted by molar-refractivity contribution is 6.08. The van der Waals surface area contributed by atoms with Crippen molar-refractivity contribution in [2.45, 2.75) is 51.7 Å². The average Bonchev–Trinajstić information content (AvgIpc) is 3.12. The van der Waals surface area contributed by atoms with Crippen LogP contribution in [0.3, 0.4) is 0 Å². The highest BCUT2D eigenvalue weighted by Crippen LogP contribution is 2.36. The second-order valence-corrected chi connectivity index (χ2v) is 7.89. The number of ether oxygens (including phenoxy) is 1. The van der Waals surface area contributed by atoms with Crippen molar-refractivity contribution in [2.24, 2.45) is 5.92 Å². The molecule has 148 valence electrons. The van der Waals surface area contributed by atoms with Crippen LogP contribution >= 0.6 is 0 Å². The molecule has 28 heavy (non-hydrogen) atoms. The maximum atomic E-state index is 12.8. The minimum Gasteiger partial charge on any atom is -0.457 e. The van der Waals surface area contributed by atoms with E-state index in [9.17, 15) is 14.4 Å². The molecule has 2 aliphatic rings. The normalized spacial score (nSPS) is 24.8. The molecule has 0 bridgehead atoms. The molecule has 0 radical (unpaired) electrons. The van der Waals surface area contributed by atoms with E-state index in [1.807, 2.05) is 31.2 Å². The second kappa shape index (κ2) is 6.96. The lowest BCUT2D eigenvalue weighted by atomic mass is 9.77. The Kier molecular flexibility index (Phi) is 4.61. The van der Waals surface area contributed by atoms with E-state index in [1.165, 1.54) is 0 Å². The Morgan fingerprint density at radius 1 is 1.29 bits per heavy atom. The fourth-order valence-electron chi connectivity index (χ4n) is 4.10. The number of hydrogen-bond donors (Lipinski definition) is 1. The summed E-state index contributed by atoms with van der Waals surface area (Å²) < 4.78 is 11.0. The first kappa shape index (κ1) is 18.5. The van der Waals surface area contributed by atoms with Crippen LogP contribution in [0, 0.1) is 12.8 Å². The van der Waals surface area contributed by atoms with Gasteiger partial charge in [0.2, 0.25) is 0 Å². The van der Waals surface area contributed by atoms with Crippen molar-refractivity contribution in [3.8, 4) is 0 Å². The number of aryl methyl sites for hydroxylation is 1. The van der Waals surface area contributed by atoms with Crippen LogP contribution in [-0.4, -0.2) is 34.9 Å². The highest BCUT2D eigenvalue weighted by Gasteiger charge is 2.52. The molecule has 2 aromatic rings. The Balaban J connectivity index is 1.39. The van der Waals surface area contributed by atoms with E-state index in [0.717, 1.165) is 34.3 Å². The SMILES string of the molecule is Cc1c(COC(=O)CN2C(=O)NC3(CCC(C)CC3)C2=O)oc2ccccc12. The third-order valence-electron chi connectivity index (χ3n) is 5.97. The summed E-state index contributed by atoms with van der Waals surface area (Å²) in [5.41, 5.74) is 0.793. The summed E-state index contributed by atoms with van der Waals surface area (Å²) in [6.07, 6.45) is 3.00. The molecule has 3 amide bonds. The van der Waals surface area contributed by atoms with Crippen LogP contribution in [0.15, 0.2) is 28.7 Å². The summed E-state index contributed by atoms with van der Waals surface area (Å²) in [6.45, 7) is 3.62. The van der Waals surface area contributed by atoms with Crippen LogP contribution in [0.4, 0.5) is 4.79 Å². The molecule has 1 saturated carbocycles. The van der Waals surface area contributed by atoms with Gasteiger partial charge in [0.1, 0.15) is 30.0 Å². The predicted octanol–water partition coefficient (Wildman–Crippen LogP) is 3.29. The molecule has 0 unspecified atom stereocenters. The lowest BCUT2D eigenvalue weighted by Crippen LogP contribution is -2.49. The Morgan fingerprint density at radius 2 is 2.00 bits per heavy atom. The zero-order chi connectivity index (χ0) is 19.9. The number of hydrogen-bond acceptors (Lipinski definition) is 5. The van der Waals surface area contributed by atoms with Gasteiger partial charge in [0.25, 0.3) is 5.91 Å². The molecule has 1 aromatic heterocycles. The first-order chi connectivity index (χ1) is 13.4. The third kappa shape index (κ3) is 3.15. The summed E-state index contributed by atoms with van der Waals surface area (Å²) in [4.78, 5) is 38.3. The highest BCUT2D eigenvalue weighted by atomic mass is 16.5. The number of para-hydroxylation sites is 1. The van der Waals surface area contributed by atoms with Gasteiger partial charge in [-0.15, -0.1) is 0 Å². The van der Waals surface area contributed by atoms with E-state index in [2.05, 4.69) is 12.2 Å². The molecule has 4 rings (SSSR count). The summed E-state index contributed by atoms with van der Waals surface area (Å²) in [6, 6.07) is 7.07. The average molecular weight is 384 g/mol. The number of urea groups is 1. The molecule has 1 aromatic carbocycles. The Bertz CT molecular complexity index is 939. The number of imide groups is 1. The van der Waals surface area contributed by atoms with Gasteiger partial charge in [0.05, 0.1) is 0 Å². The van der Waals surface area contributed by atoms with Gasteiger partial charge >= 0.3 is 12.0 Å². The molecule has 1 spiro atoms. The second-order valence-electron chi connectivity index (χ2n) is 7.89. The van der Waals surface area contributed by atoms with Crippen LogP contribution in [0.1, 0.15) is 43.9 Å². The first-order valence-corrected chi connectivity index (χ1v) is 9.66. The van der Waals surface area contributed by atoms with E-state index in [1.54, 1.807) is 0 Å². The molecule has 1 aliphatic carbocycles. The van der Waals surface area contributed by atoms with E-state index in [4.69, 9.17) is 9.15 Å². The zero-order valence-corrected chi connectivity index (χ0v) is 16.1. The molecule has 1 N–H and O–H groups in total. The quantitative estimate of drug-likeness (QED) is 0.645. The van der Waals surface area contributed by atoms with Gasteiger partial charge in [-0.2, -0.15) is 0 Å². The Labute approximate surface area is 163 Å². The van der Waals surface area contributed by atoms with Gasteiger partial charge in [-0.1, -0.05) is 25.1 Å². The molecule has 7 nitrogen and oxygen atoms in total. The molecule has 2 heterocycles. The smallest absolute Gasteiger partial charge is 0.326 e. The molecule has 2 fully saturated rings. The molecule has 0 atom stereocenters. The van der Waals surface area contributed by atoms with Gasteiger partial charge in [-0.25, -0.2) is 4.79 Å². The van der Waals surface area contributed by atoms with E-state index in [0.29, 0.717) is 24.5 Å². The van der Waals surface area contributed by atoms with Crippen molar-refractivity contribution >= 4 is 28.9 Å². The minimum atomic E-state index is -0.848. The Hall–Kier alpha value is -2.83. The summed E-state index contributed by atoms with van der Waals surface area (Å²) in [5.74, 6) is 0.150. The molecular formula is C21H24N2O5. The zero-order valence-electron chi connectivity index (χ0n) is 16.1. The standard InChI is InChI=1S/C21H24N2O5/c1-13-7-9-21(10-8-13)19(25)23(20(26)22-21)11-18(24)27-12-17-14(2)15-5-3-4-6-16(15)28-17/h3-6,13H,7-12H2,1-2H3,(H,22,26). The monoisotopic (exact) mass is 384 g/mol. The fraction of sp³-hybridized carbons (Fsp3) is 0.476. The van der Waals surface area contributed by atoms with Gasteiger partial charge in [-0.05, 0) is 44.6 Å². The van der Waals surface area contributed by atoms with Gasteiger partial charge in [0, 0.05) is 10.9 Å². The van der Waals surface area contributed by atoms with Crippen molar-refractivity contribution < 1.29 is 23.5 Å². The number of benzene rings is 1. The maximum Gasteiger partial charge on any atom is 0.326 e. The van der Waals surface area contributed by atoms with Gasteiger partial charge < -0.3 is 14.5 Å². The van der Waals surface area contributed by atoms with Gasteiger partial charge in [0.15, 0.2) is 0 Å². The van der Waals surface area contributed by atoms with Crippen LogP contribution < -0.4 is 5.32 Å². The molecule has 1 saturated heterocycles. The number of carbonyl (C=O) groups is 3. The van der Waals surface area contributed by atoms with Crippen LogP contribution in [0.5, 0.6) is 0 Å². The lowest BCUT2D eigenvalue weighted by molar-refractivity contribution is -0.149. The van der Waals surface area contributed by atoms with Crippen molar-refractivity contribution in [2.75, 3.05) is 6.54 Å². The predicted molar refractivity (Wildman–Crippen MR) is 101 cm³/mol. The van der Waals surface area contributed by atoms with Crippen LogP contribution in [-0.2, 0) is 20.9 Å². The van der Waals surface area contributed by atoms with E-state index < -0.39 is 17.5 Å². The number of rotatable bonds is 4. The summed E-state index contributed by atoms with van der Waals surface area (Å²) in [7, 11) is 0. The lowest BCUT2D eigenvalue weighted by Gasteiger charge is -2.33. The van der Waals surface area contributed by atoms with Crippen molar-refractivity contribution in [3.63, 3.8) is 0 Å². The van der Waals surface area contributed by atoms with Crippen LogP contribution in [0.2, 0.25) is 0 Å². The fourth-order valence-corrected chi connectivity index (χ4v) is 4.10. The number of nitrogens with one attached hydrogen (secondary N) is 1. The van der Waals surface area contributed by atoms with Crippen LogP contribution in [0.25, 0.3) is 11.0 Å². The topological polar surface area (TPSA) is 88.9 Å². The first-order valence-electron chi connectivity index (χ1n) is 9.66. The number of carbonyl (C=O) groups excluding carboxylic acids is 3. The number of furan rings is 1. The number of amides is 3. The summed E-state index contributed by atoms with van der Waals surface area (Å²) >= 11 is 0. The van der Waals surface area contributed by atoms with E-state index in [-0.39, 0.29) is 19.1 Å².